The molecule has 0 aliphatic heterocycles. The van der Waals surface area contributed by atoms with Crippen molar-refractivity contribution < 1.29 is 14.3 Å². The molecule has 146 valence electrons. The van der Waals surface area contributed by atoms with E-state index in [1.807, 2.05) is 53.9 Å². The number of hydrogen-bond donors (Lipinski definition) is 2. The zero-order valence-corrected chi connectivity index (χ0v) is 18.0. The normalized spacial score (nSPS) is 10.4. The molecule has 0 saturated carbocycles. The number of ether oxygens (including phenoxy) is 2. The maximum absolute atomic E-state index is 11.1. The van der Waals surface area contributed by atoms with Crippen molar-refractivity contribution in [2.45, 2.75) is 20.1 Å². The van der Waals surface area contributed by atoms with E-state index in [-0.39, 0.29) is 5.91 Å². The van der Waals surface area contributed by atoms with Crippen molar-refractivity contribution in [2.24, 2.45) is 0 Å². The molecule has 0 saturated heterocycles. The van der Waals surface area contributed by atoms with Gasteiger partial charge in [0.1, 0.15) is 6.61 Å². The number of carbonyl (C=O) groups is 1. The average molecular weight is 461 g/mol. The fraction of sp³-hybridized carbons (Fsp3) is 0.190. The van der Waals surface area contributed by atoms with Crippen LogP contribution in [0.1, 0.15) is 17.4 Å². The van der Waals surface area contributed by atoms with Crippen molar-refractivity contribution >= 4 is 44.5 Å². The standard InChI is InChI=1S/C21H21BrN2O3S/c1-14(25)24-17-7-5-16(6-8-17)23-12-15-10-19(22)21(20(11-15)26-2)27-13-18-4-3-9-28-18/h3-11,23H,12-13H2,1-2H3,(H,24,25). The fourth-order valence-corrected chi connectivity index (χ4v) is 3.85. The summed E-state index contributed by atoms with van der Waals surface area (Å²) in [6.07, 6.45) is 0. The van der Waals surface area contributed by atoms with Crippen LogP contribution in [-0.4, -0.2) is 13.0 Å². The van der Waals surface area contributed by atoms with Crippen LogP contribution in [-0.2, 0) is 17.9 Å². The van der Waals surface area contributed by atoms with E-state index in [0.29, 0.717) is 24.7 Å². The van der Waals surface area contributed by atoms with Crippen LogP contribution in [0.15, 0.2) is 58.4 Å². The minimum Gasteiger partial charge on any atom is -0.493 e. The molecule has 0 atom stereocenters. The van der Waals surface area contributed by atoms with Crippen LogP contribution >= 0.6 is 27.3 Å². The maximum atomic E-state index is 11.1. The summed E-state index contributed by atoms with van der Waals surface area (Å²) in [5.41, 5.74) is 2.79. The topological polar surface area (TPSA) is 59.6 Å². The second kappa shape index (κ2) is 9.61. The third kappa shape index (κ3) is 5.50. The quantitative estimate of drug-likeness (QED) is 0.454. The van der Waals surface area contributed by atoms with Gasteiger partial charge in [-0.05, 0) is 69.3 Å². The number of halogens is 1. The smallest absolute Gasteiger partial charge is 0.221 e. The van der Waals surface area contributed by atoms with Crippen LogP contribution in [0.3, 0.4) is 0 Å². The zero-order chi connectivity index (χ0) is 19.9. The van der Waals surface area contributed by atoms with Gasteiger partial charge < -0.3 is 20.1 Å². The summed E-state index contributed by atoms with van der Waals surface area (Å²) in [6.45, 7) is 2.62. The molecule has 28 heavy (non-hydrogen) atoms. The summed E-state index contributed by atoms with van der Waals surface area (Å²) < 4.78 is 12.3. The molecular formula is C21H21BrN2O3S. The highest BCUT2D eigenvalue weighted by Crippen LogP contribution is 2.37. The highest BCUT2D eigenvalue weighted by atomic mass is 79.9. The number of thiophene rings is 1. The monoisotopic (exact) mass is 460 g/mol. The first-order valence-corrected chi connectivity index (χ1v) is 10.4. The van der Waals surface area contributed by atoms with E-state index in [9.17, 15) is 4.79 Å². The molecule has 7 heteroatoms. The number of hydrogen-bond acceptors (Lipinski definition) is 5. The van der Waals surface area contributed by atoms with Gasteiger partial charge in [0.15, 0.2) is 11.5 Å². The lowest BCUT2D eigenvalue weighted by atomic mass is 10.2. The largest absolute Gasteiger partial charge is 0.493 e. The van der Waals surface area contributed by atoms with E-state index >= 15 is 0 Å². The van der Waals surface area contributed by atoms with Crippen molar-refractivity contribution in [1.29, 1.82) is 0 Å². The average Bonchev–Trinajstić information content (AvgIpc) is 3.19. The number of nitrogens with one attached hydrogen (secondary N) is 2. The van der Waals surface area contributed by atoms with Crippen molar-refractivity contribution in [3.8, 4) is 11.5 Å². The summed E-state index contributed by atoms with van der Waals surface area (Å²) in [5.74, 6) is 1.29. The number of rotatable bonds is 8. The Labute approximate surface area is 176 Å². The highest BCUT2D eigenvalue weighted by Gasteiger charge is 2.12. The first-order chi connectivity index (χ1) is 13.5. The number of methoxy groups -OCH3 is 1. The van der Waals surface area contributed by atoms with Gasteiger partial charge in [-0.25, -0.2) is 0 Å². The molecule has 1 heterocycles. The second-order valence-electron chi connectivity index (χ2n) is 6.09. The molecule has 0 radical (unpaired) electrons. The van der Waals surface area contributed by atoms with Crippen molar-refractivity contribution in [3.63, 3.8) is 0 Å². The number of anilines is 2. The van der Waals surface area contributed by atoms with Crippen LogP contribution in [0.2, 0.25) is 0 Å². The number of carbonyl (C=O) groups excluding carboxylic acids is 1. The van der Waals surface area contributed by atoms with Crippen LogP contribution in [0.5, 0.6) is 11.5 Å². The Morgan fingerprint density at radius 2 is 1.89 bits per heavy atom. The molecular weight excluding hydrogens is 440 g/mol. The zero-order valence-electron chi connectivity index (χ0n) is 15.6. The van der Waals surface area contributed by atoms with Gasteiger partial charge in [0.25, 0.3) is 0 Å². The summed E-state index contributed by atoms with van der Waals surface area (Å²) >= 11 is 5.25. The molecule has 0 spiro atoms. The number of benzene rings is 2. The lowest BCUT2D eigenvalue weighted by molar-refractivity contribution is -0.114. The first-order valence-electron chi connectivity index (χ1n) is 8.68. The third-order valence-electron chi connectivity index (χ3n) is 3.93. The van der Waals surface area contributed by atoms with Crippen molar-refractivity contribution in [3.05, 3.63) is 68.8 Å². The van der Waals surface area contributed by atoms with E-state index in [0.717, 1.165) is 26.3 Å². The molecule has 0 unspecified atom stereocenters. The lowest BCUT2D eigenvalue weighted by Crippen LogP contribution is -2.06. The Hall–Kier alpha value is -2.51. The molecule has 1 amide bonds. The molecule has 0 bridgehead atoms. The van der Waals surface area contributed by atoms with Crippen LogP contribution < -0.4 is 20.1 Å². The Morgan fingerprint density at radius 1 is 1.14 bits per heavy atom. The molecule has 0 aliphatic rings. The van der Waals surface area contributed by atoms with Gasteiger partial charge >= 0.3 is 0 Å². The molecule has 5 nitrogen and oxygen atoms in total. The van der Waals surface area contributed by atoms with E-state index in [4.69, 9.17) is 9.47 Å². The maximum Gasteiger partial charge on any atom is 0.221 e. The van der Waals surface area contributed by atoms with Gasteiger partial charge in [-0.3, -0.25) is 4.79 Å². The predicted molar refractivity (Wildman–Crippen MR) is 117 cm³/mol. The summed E-state index contributed by atoms with van der Waals surface area (Å²) in [4.78, 5) is 12.2. The third-order valence-corrected chi connectivity index (χ3v) is 5.37. The van der Waals surface area contributed by atoms with Crippen LogP contribution in [0, 0.1) is 0 Å². The van der Waals surface area contributed by atoms with E-state index in [1.165, 1.54) is 6.92 Å². The summed E-state index contributed by atoms with van der Waals surface area (Å²) in [5, 5.41) is 8.15. The molecule has 3 rings (SSSR count). The molecule has 3 aromatic rings. The predicted octanol–water partition coefficient (Wildman–Crippen LogP) is 5.67. The molecule has 0 fully saturated rings. The Morgan fingerprint density at radius 3 is 2.54 bits per heavy atom. The molecule has 0 aliphatic carbocycles. The second-order valence-corrected chi connectivity index (χ2v) is 7.98. The van der Waals surface area contributed by atoms with Gasteiger partial charge in [-0.15, -0.1) is 11.3 Å². The van der Waals surface area contributed by atoms with Gasteiger partial charge in [0, 0.05) is 29.7 Å². The van der Waals surface area contributed by atoms with Crippen LogP contribution in [0.25, 0.3) is 0 Å². The van der Waals surface area contributed by atoms with Gasteiger partial charge in [-0.1, -0.05) is 6.07 Å². The molecule has 2 aromatic carbocycles. The minimum absolute atomic E-state index is 0.0842. The molecule has 1 aromatic heterocycles. The van der Waals surface area contributed by atoms with Gasteiger partial charge in [0.2, 0.25) is 5.91 Å². The molecule has 2 N–H and O–H groups in total. The van der Waals surface area contributed by atoms with E-state index < -0.39 is 0 Å². The van der Waals surface area contributed by atoms with Crippen LogP contribution in [0.4, 0.5) is 11.4 Å². The first kappa shape index (κ1) is 20.2. The summed E-state index contributed by atoms with van der Waals surface area (Å²) in [6, 6.07) is 15.6. The number of amides is 1. The highest BCUT2D eigenvalue weighted by molar-refractivity contribution is 9.10. The Kier molecular flexibility index (Phi) is 6.95. The minimum atomic E-state index is -0.0842. The Bertz CT molecular complexity index is 928. The van der Waals surface area contributed by atoms with Gasteiger partial charge in [-0.2, -0.15) is 0 Å². The Balaban J connectivity index is 1.65. The van der Waals surface area contributed by atoms with E-state index in [2.05, 4.69) is 26.6 Å². The van der Waals surface area contributed by atoms with Crippen molar-refractivity contribution in [1.82, 2.24) is 0 Å². The van der Waals surface area contributed by atoms with Crippen molar-refractivity contribution in [2.75, 3.05) is 17.7 Å². The fourth-order valence-electron chi connectivity index (χ4n) is 2.63. The SMILES string of the molecule is COc1cc(CNc2ccc(NC(C)=O)cc2)cc(Br)c1OCc1cccs1. The lowest BCUT2D eigenvalue weighted by Gasteiger charge is -2.15. The van der Waals surface area contributed by atoms with Gasteiger partial charge in [0.05, 0.1) is 11.6 Å². The van der Waals surface area contributed by atoms with E-state index in [1.54, 1.807) is 18.4 Å². The summed E-state index contributed by atoms with van der Waals surface area (Å²) in [7, 11) is 1.64.